The van der Waals surface area contributed by atoms with E-state index >= 15 is 0 Å². The summed E-state index contributed by atoms with van der Waals surface area (Å²) < 4.78 is 10.6. The van der Waals surface area contributed by atoms with Crippen LogP contribution in [0.25, 0.3) is 0 Å². The van der Waals surface area contributed by atoms with Crippen molar-refractivity contribution >= 4 is 0 Å². The number of hydrogen-bond donors (Lipinski definition) is 1. The number of methoxy groups -OCH3 is 1. The highest BCUT2D eigenvalue weighted by atomic mass is 16.5. The predicted molar refractivity (Wildman–Crippen MR) is 63.2 cm³/mol. The Hall–Kier alpha value is -2.07. The summed E-state index contributed by atoms with van der Waals surface area (Å²) in [7, 11) is 1.55. The van der Waals surface area contributed by atoms with E-state index in [4.69, 9.17) is 9.47 Å². The van der Waals surface area contributed by atoms with E-state index in [1.54, 1.807) is 37.4 Å². The van der Waals surface area contributed by atoms with Crippen molar-refractivity contribution in [2.45, 2.75) is 6.61 Å². The van der Waals surface area contributed by atoms with Crippen molar-refractivity contribution in [3.63, 3.8) is 0 Å². The number of aromatic nitrogens is 1. The van der Waals surface area contributed by atoms with Crippen LogP contribution in [-0.2, 0) is 6.61 Å². The molecule has 0 unspecified atom stereocenters. The largest absolute Gasteiger partial charge is 0.481 e. The van der Waals surface area contributed by atoms with Gasteiger partial charge in [0.15, 0.2) is 0 Å². The Balaban J connectivity index is 2.24. The Bertz CT molecular complexity index is 500. The highest BCUT2D eigenvalue weighted by Crippen LogP contribution is 2.24. The number of nitrogens with zero attached hydrogens (tertiary/aromatic N) is 1. The minimum Gasteiger partial charge on any atom is -0.481 e. The average molecular weight is 231 g/mol. The third kappa shape index (κ3) is 2.73. The van der Waals surface area contributed by atoms with E-state index in [1.807, 2.05) is 12.1 Å². The summed E-state index contributed by atoms with van der Waals surface area (Å²) in [6, 6.07) is 12.5. The molecule has 0 aliphatic rings. The van der Waals surface area contributed by atoms with E-state index < -0.39 is 0 Å². The first-order valence-corrected chi connectivity index (χ1v) is 5.21. The molecule has 1 N–H and O–H groups in total. The lowest BCUT2D eigenvalue weighted by Gasteiger charge is -2.09. The van der Waals surface area contributed by atoms with Crippen molar-refractivity contribution in [1.82, 2.24) is 4.98 Å². The lowest BCUT2D eigenvalue weighted by molar-refractivity contribution is 0.276. The maximum atomic E-state index is 9.17. The summed E-state index contributed by atoms with van der Waals surface area (Å²) in [6.45, 7) is -0.0693. The quantitative estimate of drug-likeness (QED) is 0.877. The van der Waals surface area contributed by atoms with Crippen LogP contribution in [0.2, 0.25) is 0 Å². The van der Waals surface area contributed by atoms with Gasteiger partial charge in [0.2, 0.25) is 11.8 Å². The molecule has 4 nitrogen and oxygen atoms in total. The molecule has 4 heteroatoms. The van der Waals surface area contributed by atoms with Gasteiger partial charge < -0.3 is 14.6 Å². The second-order valence-electron chi connectivity index (χ2n) is 3.39. The van der Waals surface area contributed by atoms with Crippen molar-refractivity contribution in [3.8, 4) is 17.5 Å². The second-order valence-corrected chi connectivity index (χ2v) is 3.39. The first kappa shape index (κ1) is 11.4. The second kappa shape index (κ2) is 5.32. The van der Waals surface area contributed by atoms with E-state index in [-0.39, 0.29) is 6.61 Å². The minimum absolute atomic E-state index is 0.0693. The molecule has 1 aromatic carbocycles. The fraction of sp³-hybridized carbons (Fsp3) is 0.154. The SMILES string of the molecule is COc1cccc(Oc2ccccc2CO)n1. The molecular formula is C13H13NO3. The first-order valence-electron chi connectivity index (χ1n) is 5.21. The smallest absolute Gasteiger partial charge is 0.222 e. The van der Waals surface area contributed by atoms with Gasteiger partial charge in [-0.15, -0.1) is 0 Å². The van der Waals surface area contributed by atoms with Gasteiger partial charge in [0.05, 0.1) is 13.7 Å². The van der Waals surface area contributed by atoms with Crippen LogP contribution in [0.1, 0.15) is 5.56 Å². The van der Waals surface area contributed by atoms with E-state index in [9.17, 15) is 5.11 Å². The van der Waals surface area contributed by atoms with Crippen molar-refractivity contribution in [1.29, 1.82) is 0 Å². The fourth-order valence-corrected chi connectivity index (χ4v) is 1.41. The molecule has 0 radical (unpaired) electrons. The van der Waals surface area contributed by atoms with Crippen molar-refractivity contribution < 1.29 is 14.6 Å². The van der Waals surface area contributed by atoms with Gasteiger partial charge in [-0.2, -0.15) is 4.98 Å². The number of benzene rings is 1. The molecule has 1 heterocycles. The highest BCUT2D eigenvalue weighted by Gasteiger charge is 2.04. The number of ether oxygens (including phenoxy) is 2. The molecule has 0 saturated carbocycles. The van der Waals surface area contributed by atoms with Gasteiger partial charge in [0.1, 0.15) is 5.75 Å². The molecular weight excluding hydrogens is 218 g/mol. The predicted octanol–water partition coefficient (Wildman–Crippen LogP) is 2.37. The maximum Gasteiger partial charge on any atom is 0.222 e. The van der Waals surface area contributed by atoms with Crippen LogP contribution in [-0.4, -0.2) is 17.2 Å². The summed E-state index contributed by atoms with van der Waals surface area (Å²) in [4.78, 5) is 4.14. The molecule has 0 aliphatic carbocycles. The third-order valence-corrected chi connectivity index (χ3v) is 2.26. The standard InChI is InChI=1S/C13H13NO3/c1-16-12-7-4-8-13(14-12)17-11-6-3-2-5-10(11)9-15/h2-8,15H,9H2,1H3. The Morgan fingerprint density at radius 3 is 2.59 bits per heavy atom. The van der Waals surface area contributed by atoms with Gasteiger partial charge in [-0.05, 0) is 6.07 Å². The van der Waals surface area contributed by atoms with Gasteiger partial charge in [-0.25, -0.2) is 0 Å². The first-order chi connectivity index (χ1) is 8.33. The van der Waals surface area contributed by atoms with E-state index in [0.29, 0.717) is 17.5 Å². The zero-order valence-electron chi connectivity index (χ0n) is 9.46. The number of rotatable bonds is 4. The Morgan fingerprint density at radius 2 is 1.82 bits per heavy atom. The molecule has 0 spiro atoms. The number of hydrogen-bond acceptors (Lipinski definition) is 4. The summed E-state index contributed by atoms with van der Waals surface area (Å²) in [5, 5.41) is 9.17. The number of para-hydroxylation sites is 1. The van der Waals surface area contributed by atoms with E-state index in [2.05, 4.69) is 4.98 Å². The van der Waals surface area contributed by atoms with Gasteiger partial charge in [-0.1, -0.05) is 24.3 Å². The highest BCUT2D eigenvalue weighted by molar-refractivity contribution is 5.36. The Labute approximate surface area is 99.5 Å². The minimum atomic E-state index is -0.0693. The Morgan fingerprint density at radius 1 is 1.06 bits per heavy atom. The molecule has 0 fully saturated rings. The fourth-order valence-electron chi connectivity index (χ4n) is 1.41. The van der Waals surface area contributed by atoms with Crippen molar-refractivity contribution in [2.24, 2.45) is 0 Å². The molecule has 0 aliphatic heterocycles. The van der Waals surface area contributed by atoms with Gasteiger partial charge in [0.25, 0.3) is 0 Å². The summed E-state index contributed by atoms with van der Waals surface area (Å²) >= 11 is 0. The molecule has 0 saturated heterocycles. The van der Waals surface area contributed by atoms with Crippen molar-refractivity contribution in [2.75, 3.05) is 7.11 Å². The van der Waals surface area contributed by atoms with Gasteiger partial charge in [-0.3, -0.25) is 0 Å². The zero-order chi connectivity index (χ0) is 12.1. The summed E-state index contributed by atoms with van der Waals surface area (Å²) in [5.74, 6) is 1.52. The van der Waals surface area contributed by atoms with Crippen LogP contribution in [0.3, 0.4) is 0 Å². The molecule has 2 rings (SSSR count). The third-order valence-electron chi connectivity index (χ3n) is 2.26. The zero-order valence-corrected chi connectivity index (χ0v) is 9.46. The van der Waals surface area contributed by atoms with Gasteiger partial charge >= 0.3 is 0 Å². The topological polar surface area (TPSA) is 51.6 Å². The average Bonchev–Trinajstić information content (AvgIpc) is 2.39. The summed E-state index contributed by atoms with van der Waals surface area (Å²) in [5.41, 5.74) is 0.720. The molecule has 2 aromatic rings. The molecule has 0 amide bonds. The van der Waals surface area contributed by atoms with Crippen LogP contribution in [0.15, 0.2) is 42.5 Å². The van der Waals surface area contributed by atoms with Crippen LogP contribution in [0, 0.1) is 0 Å². The molecule has 88 valence electrons. The molecule has 1 aromatic heterocycles. The molecule has 17 heavy (non-hydrogen) atoms. The Kier molecular flexibility index (Phi) is 3.57. The molecule has 0 atom stereocenters. The number of aliphatic hydroxyl groups excluding tert-OH is 1. The van der Waals surface area contributed by atoms with Crippen molar-refractivity contribution in [3.05, 3.63) is 48.0 Å². The van der Waals surface area contributed by atoms with Crippen LogP contribution in [0.4, 0.5) is 0 Å². The van der Waals surface area contributed by atoms with Crippen LogP contribution < -0.4 is 9.47 Å². The van der Waals surface area contributed by atoms with Gasteiger partial charge in [0, 0.05) is 17.7 Å². The normalized spacial score (nSPS) is 10.0. The monoisotopic (exact) mass is 231 g/mol. The van der Waals surface area contributed by atoms with Crippen LogP contribution in [0.5, 0.6) is 17.5 Å². The lowest BCUT2D eigenvalue weighted by Crippen LogP contribution is -1.94. The van der Waals surface area contributed by atoms with E-state index in [0.717, 1.165) is 5.56 Å². The molecule has 0 bridgehead atoms. The number of pyridine rings is 1. The van der Waals surface area contributed by atoms with Crippen LogP contribution >= 0.6 is 0 Å². The van der Waals surface area contributed by atoms with E-state index in [1.165, 1.54) is 0 Å². The lowest BCUT2D eigenvalue weighted by atomic mass is 10.2. The summed E-state index contributed by atoms with van der Waals surface area (Å²) in [6.07, 6.45) is 0. The maximum absolute atomic E-state index is 9.17. The number of aliphatic hydroxyl groups is 1.